The second-order valence-electron chi connectivity index (χ2n) is 3.60. The van der Waals surface area contributed by atoms with Crippen LogP contribution in [-0.4, -0.2) is 11.4 Å². The third-order valence-corrected chi connectivity index (χ3v) is 2.47. The zero-order valence-electron chi connectivity index (χ0n) is 8.76. The van der Waals surface area contributed by atoms with E-state index in [1.54, 1.807) is 6.07 Å². The first-order valence-corrected chi connectivity index (χ1v) is 5.09. The number of benzene rings is 2. The summed E-state index contributed by atoms with van der Waals surface area (Å²) >= 11 is 0. The molecule has 0 fully saturated rings. The number of carbonyl (C=O) groups excluding carboxylic acids is 1. The number of aliphatic hydroxyl groups is 1. The lowest BCUT2D eigenvalue weighted by molar-refractivity contribution is 0.112. The number of rotatable bonds is 3. The Balaban J connectivity index is 2.45. The lowest BCUT2D eigenvalue weighted by Crippen LogP contribution is -1.86. The van der Waals surface area contributed by atoms with Gasteiger partial charge in [0, 0.05) is 5.56 Å². The summed E-state index contributed by atoms with van der Waals surface area (Å²) in [6, 6.07) is 15.1. The van der Waals surface area contributed by atoms with Crippen LogP contribution in [0.4, 0.5) is 0 Å². The van der Waals surface area contributed by atoms with Gasteiger partial charge in [-0.2, -0.15) is 0 Å². The molecule has 0 aliphatic carbocycles. The van der Waals surface area contributed by atoms with Crippen LogP contribution < -0.4 is 0 Å². The van der Waals surface area contributed by atoms with E-state index in [-0.39, 0.29) is 6.61 Å². The fourth-order valence-corrected chi connectivity index (χ4v) is 1.64. The van der Waals surface area contributed by atoms with E-state index in [4.69, 9.17) is 5.11 Å². The molecular weight excluding hydrogens is 200 g/mol. The largest absolute Gasteiger partial charge is 0.392 e. The Labute approximate surface area is 94.2 Å². The van der Waals surface area contributed by atoms with Gasteiger partial charge in [-0.15, -0.1) is 0 Å². The molecule has 2 aromatic rings. The summed E-state index contributed by atoms with van der Waals surface area (Å²) in [6.07, 6.45) is 0.833. The van der Waals surface area contributed by atoms with E-state index in [2.05, 4.69) is 0 Å². The Morgan fingerprint density at radius 1 is 1.00 bits per heavy atom. The van der Waals surface area contributed by atoms with Crippen LogP contribution in [0.5, 0.6) is 0 Å². The van der Waals surface area contributed by atoms with Gasteiger partial charge in [0.05, 0.1) is 6.61 Å². The molecule has 0 aliphatic heterocycles. The molecule has 2 aromatic carbocycles. The van der Waals surface area contributed by atoms with E-state index in [1.807, 2.05) is 42.5 Å². The molecule has 0 unspecified atom stereocenters. The monoisotopic (exact) mass is 212 g/mol. The zero-order chi connectivity index (χ0) is 11.4. The number of aliphatic hydroxyl groups excluding tert-OH is 1. The van der Waals surface area contributed by atoms with Crippen molar-refractivity contribution in [2.24, 2.45) is 0 Å². The van der Waals surface area contributed by atoms with Gasteiger partial charge in [0.25, 0.3) is 0 Å². The molecule has 0 bridgehead atoms. The van der Waals surface area contributed by atoms with Gasteiger partial charge < -0.3 is 5.11 Å². The average molecular weight is 212 g/mol. The van der Waals surface area contributed by atoms with Crippen molar-refractivity contribution in [2.75, 3.05) is 0 Å². The van der Waals surface area contributed by atoms with Crippen molar-refractivity contribution in [3.8, 4) is 11.1 Å². The van der Waals surface area contributed by atoms with Gasteiger partial charge in [-0.3, -0.25) is 4.79 Å². The second kappa shape index (κ2) is 4.73. The molecule has 1 N–H and O–H groups in total. The van der Waals surface area contributed by atoms with Gasteiger partial charge in [0.2, 0.25) is 0 Å². The molecule has 0 radical (unpaired) electrons. The van der Waals surface area contributed by atoms with Gasteiger partial charge in [0.15, 0.2) is 0 Å². The molecule has 2 nitrogen and oxygen atoms in total. The molecule has 0 saturated carbocycles. The molecule has 0 heterocycles. The molecule has 0 saturated heterocycles. The Kier molecular flexibility index (Phi) is 3.13. The standard InChI is InChI=1S/C14H12O2/c15-9-11-3-1-5-13(7-11)14-6-2-4-12(8-14)10-16/h1-9,16H,10H2. The molecule has 80 valence electrons. The van der Waals surface area contributed by atoms with Crippen LogP contribution in [0.3, 0.4) is 0 Å². The minimum Gasteiger partial charge on any atom is -0.392 e. The SMILES string of the molecule is O=Cc1cccc(-c2cccc(CO)c2)c1. The molecule has 2 heteroatoms. The number of aldehydes is 1. The molecular formula is C14H12O2. The van der Waals surface area contributed by atoms with Crippen LogP contribution in [0.1, 0.15) is 15.9 Å². The van der Waals surface area contributed by atoms with Crippen LogP contribution in [0.15, 0.2) is 48.5 Å². The summed E-state index contributed by atoms with van der Waals surface area (Å²) < 4.78 is 0. The van der Waals surface area contributed by atoms with Crippen molar-refractivity contribution in [3.05, 3.63) is 59.7 Å². The third kappa shape index (κ3) is 2.18. The van der Waals surface area contributed by atoms with Gasteiger partial charge in [0.1, 0.15) is 6.29 Å². The first kappa shape index (κ1) is 10.6. The van der Waals surface area contributed by atoms with Gasteiger partial charge in [-0.1, -0.05) is 36.4 Å². The van der Waals surface area contributed by atoms with Crippen molar-refractivity contribution in [1.82, 2.24) is 0 Å². The van der Waals surface area contributed by atoms with E-state index in [9.17, 15) is 4.79 Å². The molecule has 0 aliphatic rings. The highest BCUT2D eigenvalue weighted by atomic mass is 16.3. The normalized spacial score (nSPS) is 10.1. The first-order valence-electron chi connectivity index (χ1n) is 5.09. The Hall–Kier alpha value is -1.93. The van der Waals surface area contributed by atoms with Crippen LogP contribution in [0, 0.1) is 0 Å². The van der Waals surface area contributed by atoms with Crippen molar-refractivity contribution in [3.63, 3.8) is 0 Å². The van der Waals surface area contributed by atoms with Gasteiger partial charge >= 0.3 is 0 Å². The molecule has 0 amide bonds. The number of hydrogen-bond donors (Lipinski definition) is 1. The average Bonchev–Trinajstić information content (AvgIpc) is 2.39. The second-order valence-corrected chi connectivity index (χ2v) is 3.60. The highest BCUT2D eigenvalue weighted by molar-refractivity contribution is 5.78. The summed E-state index contributed by atoms with van der Waals surface area (Å²) in [7, 11) is 0. The highest BCUT2D eigenvalue weighted by Gasteiger charge is 1.99. The van der Waals surface area contributed by atoms with E-state index in [0.29, 0.717) is 5.56 Å². The summed E-state index contributed by atoms with van der Waals surface area (Å²) in [5, 5.41) is 9.05. The lowest BCUT2D eigenvalue weighted by Gasteiger charge is -2.04. The smallest absolute Gasteiger partial charge is 0.150 e. The predicted octanol–water partition coefficient (Wildman–Crippen LogP) is 2.66. The van der Waals surface area contributed by atoms with Gasteiger partial charge in [-0.05, 0) is 28.8 Å². The topological polar surface area (TPSA) is 37.3 Å². The zero-order valence-corrected chi connectivity index (χ0v) is 8.76. The van der Waals surface area contributed by atoms with Crippen LogP contribution in [-0.2, 0) is 6.61 Å². The fourth-order valence-electron chi connectivity index (χ4n) is 1.64. The first-order chi connectivity index (χ1) is 7.83. The van der Waals surface area contributed by atoms with Crippen molar-refractivity contribution in [1.29, 1.82) is 0 Å². The minimum atomic E-state index is 0.0290. The highest BCUT2D eigenvalue weighted by Crippen LogP contribution is 2.21. The van der Waals surface area contributed by atoms with Gasteiger partial charge in [-0.25, -0.2) is 0 Å². The molecule has 0 spiro atoms. The molecule has 0 aromatic heterocycles. The maximum atomic E-state index is 10.7. The van der Waals surface area contributed by atoms with Crippen LogP contribution in [0.25, 0.3) is 11.1 Å². The number of carbonyl (C=O) groups is 1. The Bertz CT molecular complexity index is 504. The van der Waals surface area contributed by atoms with Crippen LogP contribution in [0.2, 0.25) is 0 Å². The van der Waals surface area contributed by atoms with E-state index in [1.165, 1.54) is 0 Å². The predicted molar refractivity (Wildman–Crippen MR) is 63.2 cm³/mol. The third-order valence-electron chi connectivity index (χ3n) is 2.47. The lowest BCUT2D eigenvalue weighted by atomic mass is 10.0. The van der Waals surface area contributed by atoms with E-state index in [0.717, 1.165) is 23.0 Å². The summed E-state index contributed by atoms with van der Waals surface area (Å²) in [6.45, 7) is 0.0290. The van der Waals surface area contributed by atoms with Crippen LogP contribution >= 0.6 is 0 Å². The molecule has 16 heavy (non-hydrogen) atoms. The van der Waals surface area contributed by atoms with E-state index < -0.39 is 0 Å². The fraction of sp³-hybridized carbons (Fsp3) is 0.0714. The van der Waals surface area contributed by atoms with Crippen molar-refractivity contribution >= 4 is 6.29 Å². The maximum Gasteiger partial charge on any atom is 0.150 e. The Morgan fingerprint density at radius 2 is 1.69 bits per heavy atom. The summed E-state index contributed by atoms with van der Waals surface area (Å²) in [5.74, 6) is 0. The quantitative estimate of drug-likeness (QED) is 0.794. The summed E-state index contributed by atoms with van der Waals surface area (Å²) in [4.78, 5) is 10.7. The minimum absolute atomic E-state index is 0.0290. The summed E-state index contributed by atoms with van der Waals surface area (Å²) in [5.41, 5.74) is 3.52. The van der Waals surface area contributed by atoms with Crippen molar-refractivity contribution < 1.29 is 9.90 Å². The Morgan fingerprint density at radius 3 is 2.38 bits per heavy atom. The van der Waals surface area contributed by atoms with Crippen molar-refractivity contribution in [2.45, 2.75) is 6.61 Å². The number of hydrogen-bond acceptors (Lipinski definition) is 2. The van der Waals surface area contributed by atoms with E-state index >= 15 is 0 Å². The molecule has 2 rings (SSSR count). The molecule has 0 atom stereocenters. The maximum absolute atomic E-state index is 10.7.